The minimum Gasteiger partial charge on any atom is -0.456 e. The fraction of sp³-hybridized carbons (Fsp3) is 0. The van der Waals surface area contributed by atoms with Gasteiger partial charge in [-0.2, -0.15) is 9.97 Å². The largest absolute Gasteiger partial charge is 0.456 e. The van der Waals surface area contributed by atoms with Crippen LogP contribution in [0.5, 0.6) is 0 Å². The lowest BCUT2D eigenvalue weighted by Gasteiger charge is -2.14. The standard InChI is InChI=1S/C51H30N4OS/c1-2-13-31(14-3-1)32-25-27-33(28-26-32)34-15-4-5-18-39(34)49-52-50(41-20-12-23-44-46(41)40-19-7-10-22-43(40)56-44)54-51(53-49)55-42-21-9-6-16-35(42)37-29-30-38-36-17-8-11-24-45(36)57-48(38)47(37)55/h1-30H. The summed E-state index contributed by atoms with van der Waals surface area (Å²) in [6, 6.07) is 63.7. The number of benzene rings is 8. The van der Waals surface area contributed by atoms with E-state index < -0.39 is 0 Å². The molecule has 57 heavy (non-hydrogen) atoms. The van der Waals surface area contributed by atoms with Gasteiger partial charge in [0, 0.05) is 48.1 Å². The first kappa shape index (κ1) is 31.9. The molecule has 0 spiro atoms. The van der Waals surface area contributed by atoms with E-state index in [1.165, 1.54) is 31.3 Å². The van der Waals surface area contributed by atoms with Gasteiger partial charge in [0.05, 0.1) is 15.7 Å². The number of hydrogen-bond acceptors (Lipinski definition) is 5. The Morgan fingerprint density at radius 1 is 0.404 bits per heavy atom. The number of furan rings is 1. The summed E-state index contributed by atoms with van der Waals surface area (Å²) in [5, 5.41) is 6.79. The molecule has 0 aliphatic rings. The van der Waals surface area contributed by atoms with Gasteiger partial charge in [0.1, 0.15) is 11.2 Å². The molecule has 0 saturated carbocycles. The van der Waals surface area contributed by atoms with Crippen LogP contribution in [0.3, 0.4) is 0 Å². The lowest BCUT2D eigenvalue weighted by Crippen LogP contribution is -2.07. The molecule has 5 nitrogen and oxygen atoms in total. The summed E-state index contributed by atoms with van der Waals surface area (Å²) in [6.45, 7) is 0. The molecule has 0 fully saturated rings. The van der Waals surface area contributed by atoms with E-state index in [1.807, 2.05) is 47.7 Å². The Kier molecular flexibility index (Phi) is 7.03. The van der Waals surface area contributed by atoms with Gasteiger partial charge in [0.2, 0.25) is 5.95 Å². The van der Waals surface area contributed by atoms with Crippen molar-refractivity contribution in [3.05, 3.63) is 182 Å². The zero-order valence-electron chi connectivity index (χ0n) is 30.4. The van der Waals surface area contributed by atoms with Crippen LogP contribution < -0.4 is 0 Å². The third kappa shape index (κ3) is 4.98. The van der Waals surface area contributed by atoms with Gasteiger partial charge in [-0.3, -0.25) is 4.57 Å². The number of thiophene rings is 1. The third-order valence-electron chi connectivity index (χ3n) is 11.1. The van der Waals surface area contributed by atoms with Crippen LogP contribution in [0, 0.1) is 0 Å². The quantitative estimate of drug-likeness (QED) is 0.176. The summed E-state index contributed by atoms with van der Waals surface area (Å²) < 4.78 is 11.1. The summed E-state index contributed by atoms with van der Waals surface area (Å²) in [5.41, 5.74) is 10.0. The van der Waals surface area contributed by atoms with Crippen molar-refractivity contribution in [2.45, 2.75) is 0 Å². The summed E-state index contributed by atoms with van der Waals surface area (Å²) in [4.78, 5) is 16.2. The molecule has 4 heterocycles. The second-order valence-corrected chi connectivity index (χ2v) is 15.4. The monoisotopic (exact) mass is 746 g/mol. The molecule has 12 aromatic rings. The van der Waals surface area contributed by atoms with Crippen LogP contribution in [0.25, 0.3) is 115 Å². The number of nitrogens with zero attached hydrogens (tertiary/aromatic N) is 4. The van der Waals surface area contributed by atoms with E-state index in [9.17, 15) is 0 Å². The highest BCUT2D eigenvalue weighted by atomic mass is 32.1. The van der Waals surface area contributed by atoms with Crippen molar-refractivity contribution >= 4 is 75.3 Å². The maximum atomic E-state index is 6.37. The van der Waals surface area contributed by atoms with E-state index in [-0.39, 0.29) is 0 Å². The average molecular weight is 747 g/mol. The molecule has 0 N–H and O–H groups in total. The molecule has 0 bridgehead atoms. The van der Waals surface area contributed by atoms with Gasteiger partial charge in [-0.25, -0.2) is 4.98 Å². The summed E-state index contributed by atoms with van der Waals surface area (Å²) in [7, 11) is 0. The Balaban J connectivity index is 1.16. The van der Waals surface area contributed by atoms with Gasteiger partial charge in [-0.1, -0.05) is 158 Å². The predicted molar refractivity (Wildman–Crippen MR) is 236 cm³/mol. The molecule has 4 aromatic heterocycles. The highest BCUT2D eigenvalue weighted by molar-refractivity contribution is 7.26. The SMILES string of the molecule is c1ccc(-c2ccc(-c3ccccc3-c3nc(-c4cccc5oc6ccccc6c45)nc(-n4c5ccccc5c5ccc6c7ccccc7sc6c54)n3)cc2)cc1. The van der Waals surface area contributed by atoms with Crippen LogP contribution in [0.4, 0.5) is 0 Å². The van der Waals surface area contributed by atoms with Crippen molar-refractivity contribution in [1.29, 1.82) is 0 Å². The Hall–Kier alpha value is -7.41. The second-order valence-electron chi connectivity index (χ2n) is 14.3. The fourth-order valence-corrected chi connectivity index (χ4v) is 9.75. The van der Waals surface area contributed by atoms with Gasteiger partial charge in [-0.05, 0) is 46.5 Å². The Morgan fingerprint density at radius 2 is 1.02 bits per heavy atom. The first-order valence-corrected chi connectivity index (χ1v) is 19.8. The lowest BCUT2D eigenvalue weighted by molar-refractivity contribution is 0.669. The molecule has 0 aliphatic carbocycles. The molecular formula is C51H30N4OS. The second kappa shape index (κ2) is 12.6. The highest BCUT2D eigenvalue weighted by Gasteiger charge is 2.23. The van der Waals surface area contributed by atoms with E-state index in [4.69, 9.17) is 19.4 Å². The summed E-state index contributed by atoms with van der Waals surface area (Å²) in [5.74, 6) is 1.73. The van der Waals surface area contributed by atoms with Crippen molar-refractivity contribution in [3.63, 3.8) is 0 Å². The Bertz CT molecular complexity index is 3520. The van der Waals surface area contributed by atoms with Crippen molar-refractivity contribution < 1.29 is 4.42 Å². The summed E-state index contributed by atoms with van der Waals surface area (Å²) >= 11 is 1.82. The molecular weight excluding hydrogens is 717 g/mol. The zero-order valence-corrected chi connectivity index (χ0v) is 31.2. The maximum absolute atomic E-state index is 6.37. The van der Waals surface area contributed by atoms with Crippen molar-refractivity contribution in [3.8, 4) is 51.0 Å². The van der Waals surface area contributed by atoms with Crippen molar-refractivity contribution in [2.75, 3.05) is 0 Å². The normalized spacial score (nSPS) is 11.9. The molecule has 8 aromatic carbocycles. The third-order valence-corrected chi connectivity index (χ3v) is 12.3. The number of rotatable bonds is 5. The molecule has 6 heteroatoms. The number of para-hydroxylation sites is 2. The van der Waals surface area contributed by atoms with Crippen LogP contribution in [-0.2, 0) is 0 Å². The highest BCUT2D eigenvalue weighted by Crippen LogP contribution is 2.44. The molecule has 0 amide bonds. The first-order chi connectivity index (χ1) is 28.3. The molecule has 12 rings (SSSR count). The molecule has 0 unspecified atom stereocenters. The average Bonchev–Trinajstić information content (AvgIpc) is 3.96. The zero-order chi connectivity index (χ0) is 37.5. The number of aromatic nitrogens is 4. The van der Waals surface area contributed by atoms with Crippen molar-refractivity contribution in [1.82, 2.24) is 19.5 Å². The first-order valence-electron chi connectivity index (χ1n) is 19.0. The topological polar surface area (TPSA) is 56.7 Å². The Morgan fingerprint density at radius 3 is 1.88 bits per heavy atom. The van der Waals surface area contributed by atoms with Crippen LogP contribution in [0.15, 0.2) is 186 Å². The van der Waals surface area contributed by atoms with Crippen molar-refractivity contribution in [2.24, 2.45) is 0 Å². The molecule has 0 aliphatic heterocycles. The minimum atomic E-state index is 0.560. The fourth-order valence-electron chi connectivity index (χ4n) is 8.51. The van der Waals surface area contributed by atoms with Crippen LogP contribution in [0.1, 0.15) is 0 Å². The van der Waals surface area contributed by atoms with Crippen LogP contribution >= 0.6 is 11.3 Å². The van der Waals surface area contributed by atoms with Gasteiger partial charge < -0.3 is 4.42 Å². The maximum Gasteiger partial charge on any atom is 0.238 e. The number of hydrogen-bond donors (Lipinski definition) is 0. The van der Waals surface area contributed by atoms with E-state index in [2.05, 4.69) is 150 Å². The molecule has 0 radical (unpaired) electrons. The lowest BCUT2D eigenvalue weighted by atomic mass is 9.96. The van der Waals surface area contributed by atoms with E-state index in [0.717, 1.165) is 66.0 Å². The van der Waals surface area contributed by atoms with E-state index in [0.29, 0.717) is 17.6 Å². The molecule has 266 valence electrons. The summed E-state index contributed by atoms with van der Waals surface area (Å²) in [6.07, 6.45) is 0. The van der Waals surface area contributed by atoms with Gasteiger partial charge >= 0.3 is 0 Å². The van der Waals surface area contributed by atoms with Gasteiger partial charge in [0.25, 0.3) is 0 Å². The van der Waals surface area contributed by atoms with Crippen LogP contribution in [0.2, 0.25) is 0 Å². The Labute approximate surface area is 330 Å². The molecule has 0 saturated heterocycles. The van der Waals surface area contributed by atoms with E-state index >= 15 is 0 Å². The molecule has 0 atom stereocenters. The van der Waals surface area contributed by atoms with Crippen LogP contribution in [-0.4, -0.2) is 19.5 Å². The van der Waals surface area contributed by atoms with Gasteiger partial charge in [-0.15, -0.1) is 11.3 Å². The van der Waals surface area contributed by atoms with Gasteiger partial charge in [0.15, 0.2) is 11.6 Å². The smallest absolute Gasteiger partial charge is 0.238 e. The van der Waals surface area contributed by atoms with E-state index in [1.54, 1.807) is 0 Å². The minimum absolute atomic E-state index is 0.560. The predicted octanol–water partition coefficient (Wildman–Crippen LogP) is 13.9. The number of fused-ring (bicyclic) bond motifs is 10.